The van der Waals surface area contributed by atoms with Gasteiger partial charge in [0.2, 0.25) is 17.1 Å². The van der Waals surface area contributed by atoms with E-state index in [0.717, 1.165) is 11.0 Å². The van der Waals surface area contributed by atoms with E-state index in [-0.39, 0.29) is 30.4 Å². The van der Waals surface area contributed by atoms with Gasteiger partial charge in [0.15, 0.2) is 17.9 Å². The van der Waals surface area contributed by atoms with Crippen LogP contribution in [-0.2, 0) is 14.9 Å². The number of carbonyl (C=O) groups excluding carboxylic acids is 1. The summed E-state index contributed by atoms with van der Waals surface area (Å²) in [6, 6.07) is 13.5. The Hall–Kier alpha value is -4.10. The monoisotopic (exact) mass is 545 g/mol. The molecule has 0 saturated carbocycles. The van der Waals surface area contributed by atoms with Gasteiger partial charge in [0.05, 0.1) is 11.8 Å². The molecule has 1 aliphatic heterocycles. The highest BCUT2D eigenvalue weighted by atomic mass is 32.2. The highest BCUT2D eigenvalue weighted by Crippen LogP contribution is 2.27. The maximum Gasteiger partial charge on any atom is 0.339 e. The van der Waals surface area contributed by atoms with Crippen molar-refractivity contribution >= 4 is 32.9 Å². The van der Waals surface area contributed by atoms with Gasteiger partial charge in [0.25, 0.3) is 10.1 Å². The number of hydrogen-bond acceptors (Lipinski definition) is 9. The van der Waals surface area contributed by atoms with Gasteiger partial charge in [0, 0.05) is 43.0 Å². The lowest BCUT2D eigenvalue weighted by molar-refractivity contribution is -0.145. The van der Waals surface area contributed by atoms with Crippen LogP contribution >= 0.6 is 0 Å². The largest absolute Gasteiger partial charge is 0.492 e. The molecule has 0 amide bonds. The third kappa shape index (κ3) is 6.42. The molecular weight excluding hydrogens is 516 g/mol. The van der Waals surface area contributed by atoms with Crippen molar-refractivity contribution in [2.45, 2.75) is 19.8 Å². The molecule has 1 aromatic carbocycles. The third-order valence-corrected chi connectivity index (χ3v) is 6.81. The average Bonchev–Trinajstić information content (AvgIpc) is 3.19. The van der Waals surface area contributed by atoms with Crippen LogP contribution in [0.2, 0.25) is 0 Å². The number of aromatic nitrogens is 2. The molecule has 1 aliphatic carbocycles. The Morgan fingerprint density at radius 2 is 1.87 bits per heavy atom. The average molecular weight is 546 g/mol. The lowest BCUT2D eigenvalue weighted by Crippen LogP contribution is -2.30. The van der Waals surface area contributed by atoms with E-state index in [1.54, 1.807) is 7.05 Å². The number of fused-ring (bicyclic) bond motifs is 2. The summed E-state index contributed by atoms with van der Waals surface area (Å²) in [7, 11) is -2.21. The molecule has 1 aromatic heterocycles. The van der Waals surface area contributed by atoms with E-state index in [2.05, 4.69) is 4.98 Å². The number of rotatable bonds is 10. The number of nitrogens with zero attached hydrogens (tertiary/aromatic N) is 4. The van der Waals surface area contributed by atoms with Gasteiger partial charge >= 0.3 is 5.97 Å². The van der Waals surface area contributed by atoms with Crippen molar-refractivity contribution in [2.24, 2.45) is 0 Å². The fourth-order valence-electron chi connectivity index (χ4n) is 3.97. The number of aromatic hydroxyl groups is 2. The topological polar surface area (TPSA) is 158 Å². The Balaban J connectivity index is 1.53. The van der Waals surface area contributed by atoms with E-state index >= 15 is 0 Å². The number of carbonyl (C=O) groups is 1. The molecule has 0 spiro atoms. The first-order valence-corrected chi connectivity index (χ1v) is 13.5. The molecule has 202 valence electrons. The minimum absolute atomic E-state index is 0.00744. The highest BCUT2D eigenvalue weighted by molar-refractivity contribution is 7.85. The lowest BCUT2D eigenvalue weighted by atomic mass is 10.2. The van der Waals surface area contributed by atoms with E-state index < -0.39 is 16.1 Å². The predicted octanol–water partition coefficient (Wildman–Crippen LogP) is 1.70. The number of anilines is 1. The molecule has 2 aliphatic rings. The van der Waals surface area contributed by atoms with Crippen LogP contribution in [0.1, 0.15) is 19.8 Å². The van der Waals surface area contributed by atoms with Crippen molar-refractivity contribution < 1.29 is 37.2 Å². The van der Waals surface area contributed by atoms with Gasteiger partial charge in [-0.2, -0.15) is 8.42 Å². The standard InChI is InChI=1S/C25H28N4O8S/c1-3-28(12-4-14-38(33,34)35)18-6-8-20-22(16-18)36-21-15-17(5-7-19(21)26-20)27(2)13-11-25(32)37-29-23(30)9-10-24(29)31/h5-10,15-16,26H,3-4,11-14H2,1-2H3,(H,33,34,35)/p+1. The van der Waals surface area contributed by atoms with Crippen LogP contribution in [0.25, 0.3) is 22.6 Å². The van der Waals surface area contributed by atoms with Gasteiger partial charge in [-0.25, -0.2) is 14.4 Å². The zero-order valence-electron chi connectivity index (χ0n) is 20.9. The third-order valence-electron chi connectivity index (χ3n) is 6.01. The summed E-state index contributed by atoms with van der Waals surface area (Å²) < 4.78 is 39.7. The lowest BCUT2D eigenvalue weighted by Gasteiger charge is -2.23. The van der Waals surface area contributed by atoms with Crippen LogP contribution in [0.4, 0.5) is 5.69 Å². The molecule has 0 radical (unpaired) electrons. The zero-order valence-corrected chi connectivity index (χ0v) is 21.8. The Labute approximate surface area is 218 Å². The molecule has 0 bridgehead atoms. The SMILES string of the molecule is CCN(CCCS(=O)(=O)O)c1ccc2nc3ccc(=[N+](C)CCC(=O)On4c(O)ccc4O)cc-3oc2c1. The summed E-state index contributed by atoms with van der Waals surface area (Å²) in [6.07, 6.45) is 0.279. The van der Waals surface area contributed by atoms with E-state index in [4.69, 9.17) is 13.8 Å². The maximum absolute atomic E-state index is 12.2. The van der Waals surface area contributed by atoms with Crippen molar-refractivity contribution in [3.05, 3.63) is 53.9 Å². The summed E-state index contributed by atoms with van der Waals surface area (Å²) in [6.45, 7) is 3.34. The molecule has 0 fully saturated rings. The van der Waals surface area contributed by atoms with Crippen molar-refractivity contribution in [3.63, 3.8) is 0 Å². The molecule has 2 aromatic rings. The van der Waals surface area contributed by atoms with Crippen LogP contribution in [-0.4, -0.2) is 71.3 Å². The van der Waals surface area contributed by atoms with Gasteiger partial charge < -0.3 is 24.4 Å². The molecule has 13 heteroatoms. The molecular formula is C25H29N4O8S+. The van der Waals surface area contributed by atoms with Gasteiger partial charge in [-0.05, 0) is 31.5 Å². The summed E-state index contributed by atoms with van der Waals surface area (Å²) in [5.74, 6) is -1.18. The summed E-state index contributed by atoms with van der Waals surface area (Å²) in [5.41, 5.74) is 2.71. The molecule has 0 atom stereocenters. The zero-order chi connectivity index (χ0) is 27.4. The van der Waals surface area contributed by atoms with Crippen molar-refractivity contribution in [1.82, 2.24) is 14.3 Å². The molecule has 2 heterocycles. The smallest absolute Gasteiger partial charge is 0.339 e. The molecule has 0 unspecified atom stereocenters. The van der Waals surface area contributed by atoms with Crippen LogP contribution in [0.3, 0.4) is 0 Å². The first kappa shape index (κ1) is 26.9. The maximum atomic E-state index is 12.2. The number of hydrogen-bond donors (Lipinski definition) is 3. The first-order valence-electron chi connectivity index (χ1n) is 11.9. The first-order chi connectivity index (χ1) is 18.0. The van der Waals surface area contributed by atoms with Crippen molar-refractivity contribution in [3.8, 4) is 23.2 Å². The molecule has 38 heavy (non-hydrogen) atoms. The second-order valence-electron chi connectivity index (χ2n) is 8.72. The minimum Gasteiger partial charge on any atom is -0.492 e. The van der Waals surface area contributed by atoms with E-state index in [1.807, 2.05) is 52.8 Å². The molecule has 0 saturated heterocycles. The molecule has 3 N–H and O–H groups in total. The fraction of sp³-hybridized carbons (Fsp3) is 0.320. The Kier molecular flexibility index (Phi) is 7.88. The van der Waals surface area contributed by atoms with Gasteiger partial charge in [0.1, 0.15) is 24.7 Å². The van der Waals surface area contributed by atoms with Gasteiger partial charge in [-0.3, -0.25) is 4.55 Å². The minimum atomic E-state index is -4.01. The van der Waals surface area contributed by atoms with E-state index in [1.165, 1.54) is 12.1 Å². The Morgan fingerprint density at radius 3 is 2.55 bits per heavy atom. The summed E-state index contributed by atoms with van der Waals surface area (Å²) in [4.78, 5) is 23.8. The summed E-state index contributed by atoms with van der Waals surface area (Å²) >= 11 is 0. The Morgan fingerprint density at radius 1 is 1.13 bits per heavy atom. The van der Waals surface area contributed by atoms with Crippen LogP contribution in [0.15, 0.2) is 52.9 Å². The molecule has 12 nitrogen and oxygen atoms in total. The highest BCUT2D eigenvalue weighted by Gasteiger charge is 2.16. The Bertz CT molecular complexity index is 1590. The normalized spacial score (nSPS) is 12.6. The predicted molar refractivity (Wildman–Crippen MR) is 140 cm³/mol. The quantitative estimate of drug-likeness (QED) is 0.152. The number of benzene rings is 2. The fourth-order valence-corrected chi connectivity index (χ4v) is 4.47. The van der Waals surface area contributed by atoms with Crippen molar-refractivity contribution in [1.29, 1.82) is 0 Å². The van der Waals surface area contributed by atoms with Crippen LogP contribution in [0.5, 0.6) is 11.8 Å². The van der Waals surface area contributed by atoms with E-state index in [0.29, 0.717) is 46.9 Å². The van der Waals surface area contributed by atoms with Crippen LogP contribution < -0.4 is 19.7 Å². The second kappa shape index (κ2) is 11.1. The molecule has 4 rings (SSSR count). The van der Waals surface area contributed by atoms with Crippen molar-refractivity contribution in [2.75, 3.05) is 37.3 Å². The van der Waals surface area contributed by atoms with Gasteiger partial charge in [-0.15, -0.1) is 4.73 Å². The summed E-state index contributed by atoms with van der Waals surface area (Å²) in [5, 5.41) is 20.0. The van der Waals surface area contributed by atoms with Crippen LogP contribution in [0, 0.1) is 0 Å². The van der Waals surface area contributed by atoms with E-state index in [9.17, 15) is 23.4 Å². The van der Waals surface area contributed by atoms with Gasteiger partial charge in [-0.1, -0.05) is 0 Å². The second-order valence-corrected chi connectivity index (χ2v) is 10.3.